The van der Waals surface area contributed by atoms with Gasteiger partial charge in [0.1, 0.15) is 0 Å². The summed E-state index contributed by atoms with van der Waals surface area (Å²) in [4.78, 5) is 2.36. The van der Waals surface area contributed by atoms with Gasteiger partial charge in [-0.25, -0.2) is 0 Å². The summed E-state index contributed by atoms with van der Waals surface area (Å²) in [6.45, 7) is 1.06. The Kier molecular flexibility index (Phi) is 3.38. The highest BCUT2D eigenvalue weighted by atomic mass is 16.5. The van der Waals surface area contributed by atoms with Crippen LogP contribution in [0.2, 0.25) is 0 Å². The molecule has 20 heavy (non-hydrogen) atoms. The van der Waals surface area contributed by atoms with Gasteiger partial charge >= 0.3 is 0 Å². The highest BCUT2D eigenvalue weighted by molar-refractivity contribution is 5.45. The second kappa shape index (κ2) is 4.93. The van der Waals surface area contributed by atoms with E-state index in [0.717, 1.165) is 32.2 Å². The Balaban J connectivity index is 2.02. The maximum atomic E-state index is 9.99. The van der Waals surface area contributed by atoms with Crippen LogP contribution in [0.25, 0.3) is 0 Å². The number of phenolic OH excluding ortho intramolecular Hbond substituents is 1. The number of fused-ring (bicyclic) bond motifs is 1. The van der Waals surface area contributed by atoms with Crippen LogP contribution in [0.4, 0.5) is 0 Å². The molecule has 0 spiro atoms. The van der Waals surface area contributed by atoms with Crippen LogP contribution in [0.15, 0.2) is 18.2 Å². The molecule has 4 heteroatoms. The van der Waals surface area contributed by atoms with Crippen LogP contribution < -0.4 is 4.74 Å². The van der Waals surface area contributed by atoms with Gasteiger partial charge in [0.15, 0.2) is 11.5 Å². The Morgan fingerprint density at radius 2 is 2.15 bits per heavy atom. The average molecular weight is 277 g/mol. The normalized spacial score (nSPS) is 34.0. The van der Waals surface area contributed by atoms with Crippen molar-refractivity contribution in [3.63, 3.8) is 0 Å². The van der Waals surface area contributed by atoms with E-state index in [-0.39, 0.29) is 17.3 Å². The van der Waals surface area contributed by atoms with Gasteiger partial charge in [-0.1, -0.05) is 6.07 Å². The molecule has 1 heterocycles. The molecule has 1 saturated heterocycles. The zero-order valence-electron chi connectivity index (χ0n) is 12.2. The Hall–Kier alpha value is -1.26. The first kappa shape index (κ1) is 13.7. The molecule has 1 saturated carbocycles. The summed E-state index contributed by atoms with van der Waals surface area (Å²) in [5.74, 6) is 0.725. The fraction of sp³-hybridized carbons (Fsp3) is 0.625. The molecule has 1 aliphatic carbocycles. The third-order valence-electron chi connectivity index (χ3n) is 5.25. The molecule has 1 aromatic carbocycles. The SMILES string of the molecule is COc1cc(C23CCC(O)CC2N(C)CC3)ccc1O. The summed E-state index contributed by atoms with van der Waals surface area (Å²) >= 11 is 0. The molecule has 0 aromatic heterocycles. The number of nitrogens with zero attached hydrogens (tertiary/aromatic N) is 1. The van der Waals surface area contributed by atoms with Crippen LogP contribution in [0.5, 0.6) is 11.5 Å². The van der Waals surface area contributed by atoms with E-state index in [9.17, 15) is 10.2 Å². The lowest BCUT2D eigenvalue weighted by molar-refractivity contribution is 0.0566. The van der Waals surface area contributed by atoms with Crippen LogP contribution in [-0.4, -0.2) is 48.0 Å². The number of aliphatic hydroxyl groups is 1. The van der Waals surface area contributed by atoms with Gasteiger partial charge in [0.25, 0.3) is 0 Å². The fourth-order valence-corrected chi connectivity index (χ4v) is 4.09. The molecular formula is C16H23NO3. The van der Waals surface area contributed by atoms with Crippen LogP contribution in [-0.2, 0) is 5.41 Å². The molecule has 1 aromatic rings. The van der Waals surface area contributed by atoms with Crippen LogP contribution in [0.3, 0.4) is 0 Å². The van der Waals surface area contributed by atoms with Crippen molar-refractivity contribution >= 4 is 0 Å². The first-order chi connectivity index (χ1) is 9.56. The Labute approximate surface area is 120 Å². The quantitative estimate of drug-likeness (QED) is 0.867. The van der Waals surface area contributed by atoms with Gasteiger partial charge in [0, 0.05) is 11.5 Å². The topological polar surface area (TPSA) is 52.9 Å². The molecule has 2 N–H and O–H groups in total. The van der Waals surface area contributed by atoms with Crippen LogP contribution >= 0.6 is 0 Å². The van der Waals surface area contributed by atoms with E-state index in [1.807, 2.05) is 12.1 Å². The minimum absolute atomic E-state index is 0.0922. The van der Waals surface area contributed by atoms with Crippen molar-refractivity contribution in [3.05, 3.63) is 23.8 Å². The summed E-state index contributed by atoms with van der Waals surface area (Å²) in [6, 6.07) is 6.09. The Morgan fingerprint density at radius 3 is 2.90 bits per heavy atom. The van der Waals surface area contributed by atoms with E-state index < -0.39 is 0 Å². The molecular weight excluding hydrogens is 254 g/mol. The van der Waals surface area contributed by atoms with Gasteiger partial charge < -0.3 is 19.8 Å². The summed E-state index contributed by atoms with van der Waals surface area (Å²) in [6.07, 6.45) is 3.60. The third kappa shape index (κ3) is 1.98. The molecule has 4 nitrogen and oxygen atoms in total. The number of rotatable bonds is 2. The number of phenols is 1. The van der Waals surface area contributed by atoms with Crippen molar-refractivity contribution in [1.82, 2.24) is 4.90 Å². The fourth-order valence-electron chi connectivity index (χ4n) is 4.09. The summed E-state index contributed by atoms with van der Waals surface area (Å²) in [7, 11) is 3.72. The van der Waals surface area contributed by atoms with Crippen molar-refractivity contribution in [2.45, 2.75) is 43.2 Å². The molecule has 0 radical (unpaired) electrons. The van der Waals surface area contributed by atoms with Crippen molar-refractivity contribution < 1.29 is 14.9 Å². The molecule has 0 amide bonds. The first-order valence-electron chi connectivity index (χ1n) is 7.32. The second-order valence-electron chi connectivity index (χ2n) is 6.22. The van der Waals surface area contributed by atoms with Gasteiger partial charge in [0.2, 0.25) is 0 Å². The lowest BCUT2D eigenvalue weighted by Gasteiger charge is -2.43. The molecule has 3 unspecified atom stereocenters. The minimum atomic E-state index is -0.187. The largest absolute Gasteiger partial charge is 0.504 e. The van der Waals surface area contributed by atoms with Gasteiger partial charge in [-0.3, -0.25) is 0 Å². The molecule has 1 aliphatic heterocycles. The van der Waals surface area contributed by atoms with E-state index >= 15 is 0 Å². The lowest BCUT2D eigenvalue weighted by Crippen LogP contribution is -2.47. The number of ether oxygens (including phenoxy) is 1. The van der Waals surface area contributed by atoms with E-state index in [1.165, 1.54) is 5.56 Å². The van der Waals surface area contributed by atoms with E-state index in [1.54, 1.807) is 13.2 Å². The van der Waals surface area contributed by atoms with Crippen molar-refractivity contribution in [2.24, 2.45) is 0 Å². The monoisotopic (exact) mass is 277 g/mol. The summed E-state index contributed by atoms with van der Waals surface area (Å²) in [5, 5.41) is 19.8. The molecule has 0 bridgehead atoms. The number of likely N-dealkylation sites (N-methyl/N-ethyl adjacent to an activating group) is 1. The zero-order valence-corrected chi connectivity index (χ0v) is 12.2. The molecule has 3 atom stereocenters. The number of aromatic hydroxyl groups is 1. The van der Waals surface area contributed by atoms with Crippen LogP contribution in [0.1, 0.15) is 31.2 Å². The van der Waals surface area contributed by atoms with Gasteiger partial charge in [-0.15, -0.1) is 0 Å². The van der Waals surface area contributed by atoms with Gasteiger partial charge in [0.05, 0.1) is 13.2 Å². The summed E-state index contributed by atoms with van der Waals surface area (Å²) in [5.41, 5.74) is 1.32. The van der Waals surface area contributed by atoms with Crippen molar-refractivity contribution in [1.29, 1.82) is 0 Å². The zero-order chi connectivity index (χ0) is 14.3. The highest BCUT2D eigenvalue weighted by Gasteiger charge is 2.50. The minimum Gasteiger partial charge on any atom is -0.504 e. The predicted octanol–water partition coefficient (Wildman–Crippen LogP) is 1.89. The van der Waals surface area contributed by atoms with Gasteiger partial charge in [-0.2, -0.15) is 0 Å². The molecule has 2 fully saturated rings. The molecule has 110 valence electrons. The maximum absolute atomic E-state index is 9.99. The van der Waals surface area contributed by atoms with Crippen LogP contribution in [0, 0.1) is 0 Å². The van der Waals surface area contributed by atoms with E-state index in [4.69, 9.17) is 4.74 Å². The standard InChI is InChI=1S/C16H23NO3/c1-17-8-7-16(6-5-12(18)10-15(16)17)11-3-4-13(19)14(9-11)20-2/h3-4,9,12,15,18-19H,5-8,10H2,1-2H3. The maximum Gasteiger partial charge on any atom is 0.160 e. The highest BCUT2D eigenvalue weighted by Crippen LogP contribution is 2.49. The average Bonchev–Trinajstić information content (AvgIpc) is 2.78. The van der Waals surface area contributed by atoms with Gasteiger partial charge in [-0.05, 0) is 57.0 Å². The lowest BCUT2D eigenvalue weighted by atomic mass is 9.65. The smallest absolute Gasteiger partial charge is 0.160 e. The van der Waals surface area contributed by atoms with E-state index in [2.05, 4.69) is 11.9 Å². The first-order valence-corrected chi connectivity index (χ1v) is 7.32. The van der Waals surface area contributed by atoms with Crippen molar-refractivity contribution in [2.75, 3.05) is 20.7 Å². The number of likely N-dealkylation sites (tertiary alicyclic amines) is 1. The Bertz CT molecular complexity index is 504. The number of aliphatic hydroxyl groups excluding tert-OH is 1. The molecule has 3 rings (SSSR count). The summed E-state index contributed by atoms with van der Waals surface area (Å²) < 4.78 is 5.26. The van der Waals surface area contributed by atoms with Crippen molar-refractivity contribution in [3.8, 4) is 11.5 Å². The predicted molar refractivity (Wildman–Crippen MR) is 77.2 cm³/mol. The number of benzene rings is 1. The number of hydrogen-bond donors (Lipinski definition) is 2. The molecule has 2 aliphatic rings. The third-order valence-corrected chi connectivity index (χ3v) is 5.25. The van der Waals surface area contributed by atoms with E-state index in [0.29, 0.717) is 11.8 Å². The number of hydrogen-bond acceptors (Lipinski definition) is 4. The second-order valence-corrected chi connectivity index (χ2v) is 6.22. The number of methoxy groups -OCH3 is 1. The Morgan fingerprint density at radius 1 is 1.35 bits per heavy atom.